The highest BCUT2D eigenvalue weighted by Gasteiger charge is 2.20. The van der Waals surface area contributed by atoms with Crippen LogP contribution < -0.4 is 4.90 Å². The van der Waals surface area contributed by atoms with Crippen LogP contribution in [0.3, 0.4) is 0 Å². The van der Waals surface area contributed by atoms with Gasteiger partial charge in [0.1, 0.15) is 5.82 Å². The second-order valence-corrected chi connectivity index (χ2v) is 5.53. The number of nitrogens with zero attached hydrogens (tertiary/aromatic N) is 3. The van der Waals surface area contributed by atoms with Gasteiger partial charge < -0.3 is 0 Å². The van der Waals surface area contributed by atoms with E-state index in [0.29, 0.717) is 28.8 Å². The lowest BCUT2D eigenvalue weighted by Gasteiger charge is -2.18. The summed E-state index contributed by atoms with van der Waals surface area (Å²) >= 11 is 0. The first-order valence-electron chi connectivity index (χ1n) is 7.22. The van der Waals surface area contributed by atoms with E-state index in [0.717, 1.165) is 0 Å². The Balaban J connectivity index is 2.74. The molecule has 0 spiro atoms. The number of hydrogen-bond acceptors (Lipinski definition) is 4. The molecule has 0 atom stereocenters. The van der Waals surface area contributed by atoms with Crippen molar-refractivity contribution in [1.29, 1.82) is 0 Å². The van der Waals surface area contributed by atoms with Crippen molar-refractivity contribution in [2.45, 2.75) is 26.7 Å². The van der Waals surface area contributed by atoms with E-state index in [1.807, 2.05) is 13.8 Å². The van der Waals surface area contributed by atoms with Crippen LogP contribution in [-0.2, 0) is 4.79 Å². The third kappa shape index (κ3) is 3.41. The summed E-state index contributed by atoms with van der Waals surface area (Å²) in [6.45, 7) is 5.21. The van der Waals surface area contributed by atoms with Crippen molar-refractivity contribution in [3.05, 3.63) is 41.3 Å². The average Bonchev–Trinajstić information content (AvgIpc) is 2.53. The molecule has 0 aliphatic rings. The van der Waals surface area contributed by atoms with Crippen LogP contribution in [0, 0.1) is 5.82 Å². The molecule has 0 unspecified atom stereocenters. The second-order valence-electron chi connectivity index (χ2n) is 5.53. The Labute approximate surface area is 134 Å². The number of hydrogen-bond donors (Lipinski definition) is 0. The van der Waals surface area contributed by atoms with E-state index >= 15 is 0 Å². The van der Waals surface area contributed by atoms with Crippen LogP contribution >= 0.6 is 0 Å². The van der Waals surface area contributed by atoms with Gasteiger partial charge in [-0.3, -0.25) is 14.5 Å². The van der Waals surface area contributed by atoms with Crippen molar-refractivity contribution in [3.8, 4) is 11.3 Å². The molecule has 1 heterocycles. The van der Waals surface area contributed by atoms with Gasteiger partial charge in [-0.1, -0.05) is 13.8 Å². The van der Waals surface area contributed by atoms with Gasteiger partial charge in [-0.2, -0.15) is 0 Å². The molecule has 5 nitrogen and oxygen atoms in total. The van der Waals surface area contributed by atoms with Crippen molar-refractivity contribution in [3.63, 3.8) is 0 Å². The number of anilines is 1. The number of halogens is 1. The standard InChI is InChI=1S/C17H18FN3O2/c1-10(2)15-14(9-22)16(12-5-7-13(18)8-6-12)20-17(19-15)21(4)11(3)23/h5-10H,1-4H3. The van der Waals surface area contributed by atoms with Crippen LogP contribution in [0.5, 0.6) is 0 Å². The fourth-order valence-electron chi connectivity index (χ4n) is 2.15. The Morgan fingerprint density at radius 1 is 1.22 bits per heavy atom. The summed E-state index contributed by atoms with van der Waals surface area (Å²) in [6.07, 6.45) is 0.700. The van der Waals surface area contributed by atoms with Crippen LogP contribution in [0.1, 0.15) is 42.7 Å². The highest BCUT2D eigenvalue weighted by molar-refractivity contribution is 5.91. The summed E-state index contributed by atoms with van der Waals surface area (Å²) in [4.78, 5) is 33.2. The molecule has 1 aromatic carbocycles. The van der Waals surface area contributed by atoms with Crippen LogP contribution in [0.2, 0.25) is 0 Å². The fraction of sp³-hybridized carbons (Fsp3) is 0.294. The summed E-state index contributed by atoms with van der Waals surface area (Å²) in [5.74, 6) is -0.410. The molecule has 0 radical (unpaired) electrons. The third-order valence-corrected chi connectivity index (χ3v) is 3.52. The number of amides is 1. The molecule has 23 heavy (non-hydrogen) atoms. The molecule has 0 saturated heterocycles. The zero-order chi connectivity index (χ0) is 17.1. The summed E-state index contributed by atoms with van der Waals surface area (Å²) in [5.41, 5.74) is 1.89. The zero-order valence-corrected chi connectivity index (χ0v) is 13.5. The molecule has 0 fully saturated rings. The van der Waals surface area contributed by atoms with Gasteiger partial charge in [-0.25, -0.2) is 14.4 Å². The maximum absolute atomic E-state index is 13.2. The van der Waals surface area contributed by atoms with Gasteiger partial charge >= 0.3 is 0 Å². The molecule has 2 rings (SSSR count). The van der Waals surface area contributed by atoms with E-state index in [9.17, 15) is 14.0 Å². The van der Waals surface area contributed by atoms with Gasteiger partial charge in [-0.05, 0) is 30.2 Å². The molecule has 0 bridgehead atoms. The van der Waals surface area contributed by atoms with Gasteiger partial charge in [0.05, 0.1) is 17.0 Å². The van der Waals surface area contributed by atoms with Crippen molar-refractivity contribution in [1.82, 2.24) is 9.97 Å². The first-order chi connectivity index (χ1) is 10.8. The summed E-state index contributed by atoms with van der Waals surface area (Å²) < 4.78 is 13.2. The molecule has 2 aromatic rings. The van der Waals surface area contributed by atoms with Crippen LogP contribution in [-0.4, -0.2) is 29.2 Å². The third-order valence-electron chi connectivity index (χ3n) is 3.52. The number of rotatable bonds is 4. The minimum absolute atomic E-state index is 0.0310. The smallest absolute Gasteiger partial charge is 0.232 e. The predicted octanol–water partition coefficient (Wildman–Crippen LogP) is 3.20. The van der Waals surface area contributed by atoms with Crippen LogP contribution in [0.25, 0.3) is 11.3 Å². The molecule has 1 aromatic heterocycles. The molecule has 0 saturated carbocycles. The lowest BCUT2D eigenvalue weighted by molar-refractivity contribution is -0.116. The Morgan fingerprint density at radius 2 is 1.83 bits per heavy atom. The Kier molecular flexibility index (Phi) is 4.83. The highest BCUT2D eigenvalue weighted by atomic mass is 19.1. The number of benzene rings is 1. The van der Waals surface area contributed by atoms with Gasteiger partial charge in [0, 0.05) is 19.5 Å². The van der Waals surface area contributed by atoms with E-state index in [1.165, 1.54) is 24.0 Å². The number of carbonyl (C=O) groups excluding carboxylic acids is 2. The molecule has 120 valence electrons. The molecule has 1 amide bonds. The SMILES string of the molecule is CC(=O)N(C)c1nc(-c2ccc(F)cc2)c(C=O)c(C(C)C)n1. The molecule has 0 aliphatic carbocycles. The van der Waals surface area contributed by atoms with Crippen molar-refractivity contribution < 1.29 is 14.0 Å². The van der Waals surface area contributed by atoms with E-state index in [2.05, 4.69) is 9.97 Å². The Hall–Kier alpha value is -2.63. The molecule has 0 aliphatic heterocycles. The summed E-state index contributed by atoms with van der Waals surface area (Å²) in [5, 5.41) is 0. The molecule has 6 heteroatoms. The molecular formula is C17H18FN3O2. The Bertz CT molecular complexity index is 742. The molecular weight excluding hydrogens is 297 g/mol. The van der Waals surface area contributed by atoms with E-state index in [1.54, 1.807) is 19.2 Å². The maximum atomic E-state index is 13.2. The van der Waals surface area contributed by atoms with Gasteiger partial charge in [0.25, 0.3) is 0 Å². The van der Waals surface area contributed by atoms with Crippen molar-refractivity contribution >= 4 is 18.1 Å². The normalized spacial score (nSPS) is 10.7. The zero-order valence-electron chi connectivity index (χ0n) is 13.5. The summed E-state index contributed by atoms with van der Waals surface area (Å²) in [6, 6.07) is 5.70. The van der Waals surface area contributed by atoms with Crippen molar-refractivity contribution in [2.24, 2.45) is 0 Å². The van der Waals surface area contributed by atoms with E-state index < -0.39 is 0 Å². The Morgan fingerprint density at radius 3 is 2.30 bits per heavy atom. The summed E-state index contributed by atoms with van der Waals surface area (Å²) in [7, 11) is 1.57. The lowest BCUT2D eigenvalue weighted by atomic mass is 9.99. The number of carbonyl (C=O) groups is 2. The van der Waals surface area contributed by atoms with E-state index in [4.69, 9.17) is 0 Å². The minimum Gasteiger partial charge on any atom is -0.298 e. The van der Waals surface area contributed by atoms with Crippen molar-refractivity contribution in [2.75, 3.05) is 11.9 Å². The topological polar surface area (TPSA) is 63.2 Å². The number of aromatic nitrogens is 2. The second kappa shape index (κ2) is 6.64. The van der Waals surface area contributed by atoms with Gasteiger partial charge in [-0.15, -0.1) is 0 Å². The first-order valence-corrected chi connectivity index (χ1v) is 7.22. The molecule has 0 N–H and O–H groups in total. The fourth-order valence-corrected chi connectivity index (χ4v) is 2.15. The predicted molar refractivity (Wildman–Crippen MR) is 86.0 cm³/mol. The van der Waals surface area contributed by atoms with Gasteiger partial charge in [0.15, 0.2) is 6.29 Å². The average molecular weight is 315 g/mol. The quantitative estimate of drug-likeness (QED) is 0.813. The van der Waals surface area contributed by atoms with Crippen LogP contribution in [0.15, 0.2) is 24.3 Å². The monoisotopic (exact) mass is 315 g/mol. The van der Waals surface area contributed by atoms with Crippen LogP contribution in [0.4, 0.5) is 10.3 Å². The number of aldehydes is 1. The van der Waals surface area contributed by atoms with E-state index in [-0.39, 0.29) is 23.6 Å². The largest absolute Gasteiger partial charge is 0.298 e. The minimum atomic E-state index is -0.374. The van der Waals surface area contributed by atoms with Gasteiger partial charge in [0.2, 0.25) is 11.9 Å². The maximum Gasteiger partial charge on any atom is 0.232 e. The lowest BCUT2D eigenvalue weighted by Crippen LogP contribution is -2.26. The first kappa shape index (κ1) is 16.7. The highest BCUT2D eigenvalue weighted by Crippen LogP contribution is 2.28.